The van der Waals surface area contributed by atoms with E-state index in [0.29, 0.717) is 26.1 Å². The van der Waals surface area contributed by atoms with Crippen molar-refractivity contribution in [2.45, 2.75) is 37.9 Å². The predicted octanol–water partition coefficient (Wildman–Crippen LogP) is 7.67. The van der Waals surface area contributed by atoms with Gasteiger partial charge in [-0.25, -0.2) is 0 Å². The van der Waals surface area contributed by atoms with Crippen molar-refractivity contribution in [2.75, 3.05) is 27.4 Å². The summed E-state index contributed by atoms with van der Waals surface area (Å²) >= 11 is 0. The van der Waals surface area contributed by atoms with Gasteiger partial charge in [0.15, 0.2) is 12.2 Å². The van der Waals surface area contributed by atoms with Crippen molar-refractivity contribution in [3.63, 3.8) is 0 Å². The van der Waals surface area contributed by atoms with Gasteiger partial charge >= 0.3 is 0 Å². The lowest BCUT2D eigenvalue weighted by Gasteiger charge is -2.10. The van der Waals surface area contributed by atoms with Gasteiger partial charge in [-0.1, -0.05) is 58.8 Å². The fourth-order valence-electron chi connectivity index (χ4n) is 5.21. The van der Waals surface area contributed by atoms with Crippen LogP contribution >= 0.6 is 0 Å². The van der Waals surface area contributed by atoms with Crippen LogP contribution in [0.25, 0.3) is 0 Å². The second-order valence-electron chi connectivity index (χ2n) is 10.7. The number of ether oxygens (including phenoxy) is 4. The molecule has 0 bridgehead atoms. The smallest absolute Gasteiger partial charge is 0.158 e. The van der Waals surface area contributed by atoms with Gasteiger partial charge in [-0.05, 0) is 72.5 Å². The Kier molecular flexibility index (Phi) is 9.26. The Balaban J connectivity index is 0.920. The standard InChI is InChI=1S/C36H36N2O6/c1-39-29-15-11-25(12-16-29)35-23-33(37-43-35)27-7-5-9-31(21-27)41-19-3-4-20-42-32-10-6-8-28(22-32)34-24-36(44-38-34)26-13-17-30(40-2)18-14-26/h5-18,21-22,35-36H,3-4,19-20,23-24H2,1-2H3. The molecule has 8 heteroatoms. The first-order valence-electron chi connectivity index (χ1n) is 14.9. The third kappa shape index (κ3) is 7.14. The largest absolute Gasteiger partial charge is 0.497 e. The number of unbranched alkanes of at least 4 members (excludes halogenated alkanes) is 1. The first-order chi connectivity index (χ1) is 21.7. The molecule has 2 aliphatic heterocycles. The molecule has 6 rings (SSSR count). The highest BCUT2D eigenvalue weighted by Gasteiger charge is 2.25. The molecular formula is C36H36N2O6. The van der Waals surface area contributed by atoms with Crippen molar-refractivity contribution in [1.29, 1.82) is 0 Å². The highest BCUT2D eigenvalue weighted by molar-refractivity contribution is 6.02. The molecule has 0 spiro atoms. The van der Waals surface area contributed by atoms with E-state index in [2.05, 4.69) is 10.3 Å². The molecule has 2 heterocycles. The van der Waals surface area contributed by atoms with Crippen LogP contribution in [0, 0.1) is 0 Å². The Morgan fingerprint density at radius 3 is 1.41 bits per heavy atom. The lowest BCUT2D eigenvalue weighted by atomic mass is 10.00. The number of methoxy groups -OCH3 is 2. The van der Waals surface area contributed by atoms with Gasteiger partial charge in [0.05, 0.1) is 38.9 Å². The number of nitrogens with zero attached hydrogens (tertiary/aromatic N) is 2. The van der Waals surface area contributed by atoms with Gasteiger partial charge in [-0.3, -0.25) is 0 Å². The van der Waals surface area contributed by atoms with E-state index in [1.807, 2.05) is 97.1 Å². The molecule has 0 fully saturated rings. The van der Waals surface area contributed by atoms with Crippen molar-refractivity contribution >= 4 is 11.4 Å². The normalized spacial score (nSPS) is 17.2. The quantitative estimate of drug-likeness (QED) is 0.148. The van der Waals surface area contributed by atoms with E-state index in [4.69, 9.17) is 28.6 Å². The third-order valence-corrected chi connectivity index (χ3v) is 7.72. The van der Waals surface area contributed by atoms with Gasteiger partial charge < -0.3 is 28.6 Å². The summed E-state index contributed by atoms with van der Waals surface area (Å²) in [5, 5.41) is 8.69. The zero-order valence-electron chi connectivity index (χ0n) is 25.0. The van der Waals surface area contributed by atoms with Crippen molar-refractivity contribution in [3.8, 4) is 23.0 Å². The molecule has 0 amide bonds. The minimum absolute atomic E-state index is 0.100. The summed E-state index contributed by atoms with van der Waals surface area (Å²) in [4.78, 5) is 11.4. The van der Waals surface area contributed by atoms with Crippen molar-refractivity contribution in [1.82, 2.24) is 0 Å². The summed E-state index contributed by atoms with van der Waals surface area (Å²) in [6.07, 6.45) is 2.96. The van der Waals surface area contributed by atoms with E-state index in [0.717, 1.165) is 69.5 Å². The van der Waals surface area contributed by atoms with Gasteiger partial charge in [0, 0.05) is 24.0 Å². The molecule has 0 saturated heterocycles. The maximum Gasteiger partial charge on any atom is 0.158 e. The number of oxime groups is 2. The highest BCUT2D eigenvalue weighted by Crippen LogP contribution is 2.32. The highest BCUT2D eigenvalue weighted by atomic mass is 16.6. The molecule has 4 aromatic rings. The predicted molar refractivity (Wildman–Crippen MR) is 169 cm³/mol. The number of hydrogen-bond acceptors (Lipinski definition) is 8. The zero-order valence-corrected chi connectivity index (χ0v) is 25.0. The van der Waals surface area contributed by atoms with E-state index in [9.17, 15) is 0 Å². The number of rotatable bonds is 13. The second kappa shape index (κ2) is 14.0. The summed E-state index contributed by atoms with van der Waals surface area (Å²) in [5.74, 6) is 3.28. The molecule has 8 nitrogen and oxygen atoms in total. The number of hydrogen-bond donors (Lipinski definition) is 0. The van der Waals surface area contributed by atoms with Crippen LogP contribution in [-0.4, -0.2) is 38.9 Å². The van der Waals surface area contributed by atoms with Crippen LogP contribution in [-0.2, 0) is 9.68 Å². The van der Waals surface area contributed by atoms with E-state index in [1.54, 1.807) is 14.2 Å². The average Bonchev–Trinajstić information content (AvgIpc) is 3.78. The van der Waals surface area contributed by atoms with Crippen LogP contribution in [0.5, 0.6) is 23.0 Å². The summed E-state index contributed by atoms with van der Waals surface area (Å²) in [7, 11) is 3.32. The molecular weight excluding hydrogens is 556 g/mol. The molecule has 0 aromatic heterocycles. The summed E-state index contributed by atoms with van der Waals surface area (Å²) < 4.78 is 22.6. The zero-order chi connectivity index (χ0) is 30.1. The molecule has 2 aliphatic rings. The molecule has 226 valence electrons. The molecule has 0 radical (unpaired) electrons. The van der Waals surface area contributed by atoms with E-state index < -0.39 is 0 Å². The monoisotopic (exact) mass is 592 g/mol. The van der Waals surface area contributed by atoms with Crippen LogP contribution in [0.1, 0.15) is 60.1 Å². The summed E-state index contributed by atoms with van der Waals surface area (Å²) in [6, 6.07) is 31.9. The fraction of sp³-hybridized carbons (Fsp3) is 0.278. The Morgan fingerprint density at radius 2 is 1.00 bits per heavy atom. The first-order valence-corrected chi connectivity index (χ1v) is 14.9. The third-order valence-electron chi connectivity index (χ3n) is 7.72. The van der Waals surface area contributed by atoms with Gasteiger partial charge in [0.1, 0.15) is 23.0 Å². The maximum atomic E-state index is 6.04. The maximum absolute atomic E-state index is 6.04. The minimum Gasteiger partial charge on any atom is -0.497 e. The first kappa shape index (κ1) is 29.1. The van der Waals surface area contributed by atoms with Crippen LogP contribution in [0.4, 0.5) is 0 Å². The number of benzene rings is 4. The fourth-order valence-corrected chi connectivity index (χ4v) is 5.21. The molecule has 0 aliphatic carbocycles. The van der Waals surface area contributed by atoms with E-state index in [1.165, 1.54) is 0 Å². The molecule has 0 N–H and O–H groups in total. The lowest BCUT2D eigenvalue weighted by molar-refractivity contribution is 0.0856. The van der Waals surface area contributed by atoms with Gasteiger partial charge in [-0.15, -0.1) is 0 Å². The van der Waals surface area contributed by atoms with Crippen LogP contribution < -0.4 is 18.9 Å². The van der Waals surface area contributed by atoms with E-state index >= 15 is 0 Å². The van der Waals surface area contributed by atoms with Crippen LogP contribution in [0.3, 0.4) is 0 Å². The Labute approximate surface area is 257 Å². The SMILES string of the molecule is COc1ccc(C2CC(c3cccc(OCCCCOc4cccc(C5=NOC(c6ccc(OC)cc6)C5)c4)c3)=NO2)cc1. The Bertz CT molecular complexity index is 1480. The molecule has 2 unspecified atom stereocenters. The van der Waals surface area contributed by atoms with Crippen LogP contribution in [0.15, 0.2) is 107 Å². The second-order valence-corrected chi connectivity index (χ2v) is 10.7. The summed E-state index contributed by atoms with van der Waals surface area (Å²) in [6.45, 7) is 1.20. The minimum atomic E-state index is -0.100. The Hall–Kier alpha value is -4.98. The van der Waals surface area contributed by atoms with Gasteiger partial charge in [0.25, 0.3) is 0 Å². The van der Waals surface area contributed by atoms with Gasteiger partial charge in [-0.2, -0.15) is 0 Å². The van der Waals surface area contributed by atoms with Gasteiger partial charge in [0.2, 0.25) is 0 Å². The molecule has 2 atom stereocenters. The summed E-state index contributed by atoms with van der Waals surface area (Å²) in [5.41, 5.74) is 6.00. The molecule has 4 aromatic carbocycles. The topological polar surface area (TPSA) is 80.1 Å². The Morgan fingerprint density at radius 1 is 0.568 bits per heavy atom. The van der Waals surface area contributed by atoms with Crippen LogP contribution in [0.2, 0.25) is 0 Å². The molecule has 0 saturated carbocycles. The molecule has 44 heavy (non-hydrogen) atoms. The van der Waals surface area contributed by atoms with Crippen molar-refractivity contribution in [2.24, 2.45) is 10.3 Å². The lowest BCUT2D eigenvalue weighted by Crippen LogP contribution is -2.05. The van der Waals surface area contributed by atoms with E-state index in [-0.39, 0.29) is 12.2 Å². The van der Waals surface area contributed by atoms with Crippen molar-refractivity contribution in [3.05, 3.63) is 119 Å². The average molecular weight is 593 g/mol. The van der Waals surface area contributed by atoms with Crippen molar-refractivity contribution < 1.29 is 28.6 Å².